The molecule has 108 valence electrons. The van der Waals surface area contributed by atoms with Gasteiger partial charge in [0, 0.05) is 19.0 Å². The molecule has 0 spiro atoms. The van der Waals surface area contributed by atoms with Crippen molar-refractivity contribution in [3.63, 3.8) is 0 Å². The van der Waals surface area contributed by atoms with Crippen LogP contribution in [0.5, 0.6) is 0 Å². The van der Waals surface area contributed by atoms with Gasteiger partial charge in [-0.3, -0.25) is 0 Å². The van der Waals surface area contributed by atoms with Crippen LogP contribution in [0.4, 0.5) is 5.82 Å². The van der Waals surface area contributed by atoms with Crippen LogP contribution < -0.4 is 16.3 Å². The number of aromatic nitrogens is 4. The van der Waals surface area contributed by atoms with Crippen LogP contribution in [0, 0.1) is 0 Å². The third-order valence-electron chi connectivity index (χ3n) is 2.91. The van der Waals surface area contributed by atoms with E-state index in [1.54, 1.807) is 12.1 Å². The second-order valence-corrected chi connectivity index (χ2v) is 4.62. The Kier molecular flexibility index (Phi) is 3.87. The van der Waals surface area contributed by atoms with Gasteiger partial charge in [0.15, 0.2) is 5.65 Å². The molecule has 0 radical (unpaired) electrons. The van der Waals surface area contributed by atoms with Gasteiger partial charge >= 0.3 is 5.69 Å². The smallest absolute Gasteiger partial charge is 0.364 e. The molecule has 0 aliphatic heterocycles. The van der Waals surface area contributed by atoms with Gasteiger partial charge in [-0.25, -0.2) is 9.89 Å². The van der Waals surface area contributed by atoms with Gasteiger partial charge in [-0.05, 0) is 26.0 Å². The molecule has 0 bridgehead atoms. The van der Waals surface area contributed by atoms with Gasteiger partial charge in [-0.15, -0.1) is 5.10 Å². The first-order chi connectivity index (χ1) is 9.52. The molecule has 0 unspecified atom stereocenters. The maximum atomic E-state index is 11.5. The lowest BCUT2D eigenvalue weighted by molar-refractivity contribution is 0.317. The van der Waals surface area contributed by atoms with Crippen molar-refractivity contribution in [2.45, 2.75) is 26.3 Å². The maximum Gasteiger partial charge on any atom is 0.364 e. The highest BCUT2D eigenvalue weighted by Crippen LogP contribution is 2.14. The molecule has 9 nitrogen and oxygen atoms in total. The molecular weight excluding hydrogens is 262 g/mol. The van der Waals surface area contributed by atoms with Crippen molar-refractivity contribution in [1.82, 2.24) is 19.8 Å². The van der Waals surface area contributed by atoms with Gasteiger partial charge < -0.3 is 15.8 Å². The molecule has 0 atom stereocenters. The van der Waals surface area contributed by atoms with E-state index in [9.17, 15) is 4.79 Å². The number of aromatic amines is 1. The molecule has 20 heavy (non-hydrogen) atoms. The number of rotatable bonds is 5. The van der Waals surface area contributed by atoms with Crippen molar-refractivity contribution in [2.75, 3.05) is 11.4 Å². The summed E-state index contributed by atoms with van der Waals surface area (Å²) in [6, 6.07) is 3.63. The van der Waals surface area contributed by atoms with E-state index in [4.69, 9.17) is 10.9 Å². The Labute approximate surface area is 114 Å². The fraction of sp³-hybridized carbons (Fsp3) is 0.455. The fourth-order valence-electron chi connectivity index (χ4n) is 1.87. The summed E-state index contributed by atoms with van der Waals surface area (Å²) in [5, 5.41) is 21.9. The van der Waals surface area contributed by atoms with Crippen molar-refractivity contribution in [3.05, 3.63) is 22.6 Å². The monoisotopic (exact) mass is 279 g/mol. The Morgan fingerprint density at radius 3 is 3.00 bits per heavy atom. The molecule has 0 aliphatic rings. The van der Waals surface area contributed by atoms with Gasteiger partial charge in [-0.1, -0.05) is 5.16 Å². The quantitative estimate of drug-likeness (QED) is 0.300. The molecule has 4 N–H and O–H groups in total. The predicted octanol–water partition coefficient (Wildman–Crippen LogP) is -0.231. The van der Waals surface area contributed by atoms with E-state index in [1.165, 1.54) is 4.52 Å². The standard InChI is InChI=1S/C11H17N7O2/c1-7(2)17(6-5-8(12)16-20)10-4-3-9-13-14-11(19)18(9)15-10/h3-4,7,20H,5-6H2,1-2H3,(H2,12,16)(H,14,19). The number of H-pyrrole nitrogens is 1. The summed E-state index contributed by atoms with van der Waals surface area (Å²) in [4.78, 5) is 13.5. The Bertz CT molecular complexity index is 673. The van der Waals surface area contributed by atoms with Gasteiger partial charge in [0.1, 0.15) is 11.7 Å². The lowest BCUT2D eigenvalue weighted by atomic mass is 10.2. The average molecular weight is 279 g/mol. The Balaban J connectivity index is 2.31. The van der Waals surface area contributed by atoms with Crippen LogP contribution in [0.2, 0.25) is 0 Å². The Hall–Kier alpha value is -2.58. The predicted molar refractivity (Wildman–Crippen MR) is 74.1 cm³/mol. The average Bonchev–Trinajstić information content (AvgIpc) is 2.80. The zero-order valence-electron chi connectivity index (χ0n) is 11.3. The zero-order chi connectivity index (χ0) is 14.7. The van der Waals surface area contributed by atoms with Crippen LogP contribution in [-0.4, -0.2) is 43.4 Å². The number of oxime groups is 1. The van der Waals surface area contributed by atoms with E-state index >= 15 is 0 Å². The molecule has 2 aromatic heterocycles. The van der Waals surface area contributed by atoms with E-state index in [1.807, 2.05) is 18.7 Å². The summed E-state index contributed by atoms with van der Waals surface area (Å²) in [5.74, 6) is 0.777. The Morgan fingerprint density at radius 1 is 1.60 bits per heavy atom. The second-order valence-electron chi connectivity index (χ2n) is 4.62. The molecule has 0 aromatic carbocycles. The summed E-state index contributed by atoms with van der Waals surface area (Å²) < 4.78 is 1.20. The van der Waals surface area contributed by atoms with Crippen molar-refractivity contribution in [2.24, 2.45) is 10.9 Å². The van der Waals surface area contributed by atoms with Crippen LogP contribution >= 0.6 is 0 Å². The largest absolute Gasteiger partial charge is 0.409 e. The summed E-state index contributed by atoms with van der Waals surface area (Å²) in [6.45, 7) is 4.52. The number of amidine groups is 1. The maximum absolute atomic E-state index is 11.5. The lowest BCUT2D eigenvalue weighted by Crippen LogP contribution is -2.35. The Morgan fingerprint density at radius 2 is 2.35 bits per heavy atom. The molecule has 2 rings (SSSR count). The normalized spacial score (nSPS) is 12.2. The second kappa shape index (κ2) is 5.59. The minimum Gasteiger partial charge on any atom is -0.409 e. The highest BCUT2D eigenvalue weighted by atomic mass is 16.4. The van der Waals surface area contributed by atoms with E-state index < -0.39 is 0 Å². The van der Waals surface area contributed by atoms with Crippen molar-refractivity contribution in [1.29, 1.82) is 0 Å². The summed E-state index contributed by atoms with van der Waals surface area (Å²) in [6.07, 6.45) is 0.398. The highest BCUT2D eigenvalue weighted by Gasteiger charge is 2.14. The van der Waals surface area contributed by atoms with Crippen molar-refractivity contribution >= 4 is 17.3 Å². The van der Waals surface area contributed by atoms with Gasteiger partial charge in [-0.2, -0.15) is 9.61 Å². The number of fused-ring (bicyclic) bond motifs is 1. The molecule has 0 fully saturated rings. The van der Waals surface area contributed by atoms with E-state index in [-0.39, 0.29) is 17.6 Å². The van der Waals surface area contributed by atoms with Gasteiger partial charge in [0.25, 0.3) is 0 Å². The number of hydrogen-bond donors (Lipinski definition) is 3. The van der Waals surface area contributed by atoms with Gasteiger partial charge in [0.2, 0.25) is 0 Å². The molecule has 0 aliphatic carbocycles. The van der Waals surface area contributed by atoms with Crippen LogP contribution in [0.3, 0.4) is 0 Å². The van der Waals surface area contributed by atoms with E-state index in [2.05, 4.69) is 20.5 Å². The lowest BCUT2D eigenvalue weighted by Gasteiger charge is -2.27. The first-order valence-corrected chi connectivity index (χ1v) is 6.20. The molecular formula is C11H17N7O2. The SMILES string of the molecule is CC(C)N(CCC(N)=NO)c1ccc2n[nH]c(=O)n2n1. The number of anilines is 1. The van der Waals surface area contributed by atoms with E-state index in [0.29, 0.717) is 24.4 Å². The minimum atomic E-state index is -0.387. The van der Waals surface area contributed by atoms with Crippen molar-refractivity contribution < 1.29 is 5.21 Å². The molecule has 9 heteroatoms. The summed E-state index contributed by atoms with van der Waals surface area (Å²) in [5.41, 5.74) is 5.55. The molecule has 2 aromatic rings. The number of nitrogens with two attached hydrogens (primary N) is 1. The van der Waals surface area contributed by atoms with Crippen LogP contribution in [0.15, 0.2) is 22.1 Å². The highest BCUT2D eigenvalue weighted by molar-refractivity contribution is 5.80. The first kappa shape index (κ1) is 13.8. The third kappa shape index (κ3) is 2.71. The number of hydrogen-bond acceptors (Lipinski definition) is 6. The number of nitrogens with zero attached hydrogens (tertiary/aromatic N) is 5. The van der Waals surface area contributed by atoms with Crippen molar-refractivity contribution in [3.8, 4) is 0 Å². The molecule has 0 saturated heterocycles. The van der Waals surface area contributed by atoms with Crippen LogP contribution in [-0.2, 0) is 0 Å². The topological polar surface area (TPSA) is 125 Å². The summed E-state index contributed by atoms with van der Waals surface area (Å²) in [7, 11) is 0. The zero-order valence-corrected chi connectivity index (χ0v) is 11.3. The van der Waals surface area contributed by atoms with Crippen LogP contribution in [0.25, 0.3) is 5.65 Å². The third-order valence-corrected chi connectivity index (χ3v) is 2.91. The van der Waals surface area contributed by atoms with E-state index in [0.717, 1.165) is 0 Å². The minimum absolute atomic E-state index is 0.147. The number of nitrogens with one attached hydrogen (secondary N) is 1. The first-order valence-electron chi connectivity index (χ1n) is 6.20. The fourth-order valence-corrected chi connectivity index (χ4v) is 1.87. The van der Waals surface area contributed by atoms with Gasteiger partial charge in [0.05, 0.1) is 0 Å². The molecule has 0 saturated carbocycles. The molecule has 2 heterocycles. The summed E-state index contributed by atoms with van der Waals surface area (Å²) >= 11 is 0. The van der Waals surface area contributed by atoms with Crippen LogP contribution in [0.1, 0.15) is 20.3 Å². The molecule has 0 amide bonds.